The molecular weight excluding hydrogens is 230 g/mol. The number of nitrogens with one attached hydrogen (secondary N) is 1. The molecule has 0 heterocycles. The Kier molecular flexibility index (Phi) is 6.16. The summed E-state index contributed by atoms with van der Waals surface area (Å²) in [6.45, 7) is 4.88. The zero-order chi connectivity index (χ0) is 13.5. The zero-order valence-corrected chi connectivity index (χ0v) is 11.4. The Labute approximate surface area is 109 Å². The van der Waals surface area contributed by atoms with Gasteiger partial charge in [-0.1, -0.05) is 20.3 Å². The maximum absolute atomic E-state index is 11.6. The zero-order valence-electron chi connectivity index (χ0n) is 11.4. The molecular formula is C14H25NO3. The van der Waals surface area contributed by atoms with Crippen LogP contribution in [0.2, 0.25) is 0 Å². The first-order chi connectivity index (χ1) is 8.52. The minimum atomic E-state index is -0.672. The smallest absolute Gasteiger partial charge is 0.306 e. The van der Waals surface area contributed by atoms with Gasteiger partial charge in [0.2, 0.25) is 5.91 Å². The molecule has 0 spiro atoms. The molecule has 1 amide bonds. The fourth-order valence-corrected chi connectivity index (χ4v) is 2.40. The van der Waals surface area contributed by atoms with Gasteiger partial charge in [0.25, 0.3) is 0 Å². The summed E-state index contributed by atoms with van der Waals surface area (Å²) >= 11 is 0. The van der Waals surface area contributed by atoms with Gasteiger partial charge in [0.1, 0.15) is 0 Å². The molecule has 4 heteroatoms. The fourth-order valence-electron chi connectivity index (χ4n) is 2.40. The number of amides is 1. The summed E-state index contributed by atoms with van der Waals surface area (Å²) in [5, 5.41) is 11.9. The number of carbonyl (C=O) groups is 2. The molecule has 0 saturated heterocycles. The SMILES string of the molecule is CCC(C)CC(=O)NCC1CCC(C(=O)O)CC1. The van der Waals surface area contributed by atoms with E-state index in [9.17, 15) is 9.59 Å². The van der Waals surface area contributed by atoms with Crippen LogP contribution in [-0.4, -0.2) is 23.5 Å². The second-order valence-corrected chi connectivity index (χ2v) is 5.58. The lowest BCUT2D eigenvalue weighted by atomic mass is 9.82. The van der Waals surface area contributed by atoms with Crippen molar-refractivity contribution < 1.29 is 14.7 Å². The summed E-state index contributed by atoms with van der Waals surface area (Å²) in [4.78, 5) is 22.4. The monoisotopic (exact) mass is 255 g/mol. The minimum Gasteiger partial charge on any atom is -0.481 e. The number of carboxylic acids is 1. The predicted molar refractivity (Wildman–Crippen MR) is 70.2 cm³/mol. The summed E-state index contributed by atoms with van der Waals surface area (Å²) in [5.41, 5.74) is 0. The molecule has 0 aromatic rings. The first-order valence-electron chi connectivity index (χ1n) is 7.02. The van der Waals surface area contributed by atoms with Crippen LogP contribution < -0.4 is 5.32 Å². The van der Waals surface area contributed by atoms with E-state index in [0.29, 0.717) is 24.8 Å². The maximum atomic E-state index is 11.6. The molecule has 0 radical (unpaired) electrons. The van der Waals surface area contributed by atoms with Gasteiger partial charge in [-0.25, -0.2) is 0 Å². The normalized spacial score (nSPS) is 25.4. The van der Waals surface area contributed by atoms with Gasteiger partial charge in [0.05, 0.1) is 5.92 Å². The molecule has 104 valence electrons. The Morgan fingerprint density at radius 3 is 2.39 bits per heavy atom. The van der Waals surface area contributed by atoms with Crippen LogP contribution in [-0.2, 0) is 9.59 Å². The summed E-state index contributed by atoms with van der Waals surface area (Å²) in [7, 11) is 0. The van der Waals surface area contributed by atoms with E-state index in [4.69, 9.17) is 5.11 Å². The van der Waals surface area contributed by atoms with Crippen LogP contribution in [0.1, 0.15) is 52.4 Å². The van der Waals surface area contributed by atoms with Crippen molar-refractivity contribution in [2.45, 2.75) is 52.4 Å². The van der Waals surface area contributed by atoms with Crippen LogP contribution in [0.3, 0.4) is 0 Å². The van der Waals surface area contributed by atoms with Crippen LogP contribution >= 0.6 is 0 Å². The third-order valence-corrected chi connectivity index (χ3v) is 4.01. The molecule has 0 aliphatic heterocycles. The highest BCUT2D eigenvalue weighted by molar-refractivity contribution is 5.76. The summed E-state index contributed by atoms with van der Waals surface area (Å²) in [5.74, 6) is 0.185. The van der Waals surface area contributed by atoms with Gasteiger partial charge in [0.15, 0.2) is 0 Å². The molecule has 0 aromatic carbocycles. The number of carboxylic acid groups (broad SMARTS) is 1. The molecule has 4 nitrogen and oxygen atoms in total. The third-order valence-electron chi connectivity index (χ3n) is 4.01. The summed E-state index contributed by atoms with van der Waals surface area (Å²) < 4.78 is 0. The van der Waals surface area contributed by atoms with Crippen molar-refractivity contribution in [2.24, 2.45) is 17.8 Å². The molecule has 1 aliphatic rings. The standard InChI is InChI=1S/C14H25NO3/c1-3-10(2)8-13(16)15-9-11-4-6-12(7-5-11)14(17)18/h10-12H,3-9H2,1-2H3,(H,15,16)(H,17,18). The van der Waals surface area contributed by atoms with E-state index in [1.165, 1.54) is 0 Å². The van der Waals surface area contributed by atoms with E-state index in [2.05, 4.69) is 19.2 Å². The summed E-state index contributed by atoms with van der Waals surface area (Å²) in [6.07, 6.45) is 4.96. The van der Waals surface area contributed by atoms with Gasteiger partial charge in [-0.15, -0.1) is 0 Å². The van der Waals surface area contributed by atoms with E-state index >= 15 is 0 Å². The molecule has 0 bridgehead atoms. The Bertz CT molecular complexity index is 283. The highest BCUT2D eigenvalue weighted by Gasteiger charge is 2.25. The lowest BCUT2D eigenvalue weighted by Crippen LogP contribution is -2.33. The first kappa shape index (κ1) is 15.0. The molecule has 1 unspecified atom stereocenters. The Balaban J connectivity index is 2.18. The quantitative estimate of drug-likeness (QED) is 0.766. The number of carbonyl (C=O) groups excluding carboxylic acids is 1. The van der Waals surface area contributed by atoms with E-state index in [1.54, 1.807) is 0 Å². The van der Waals surface area contributed by atoms with Gasteiger partial charge in [-0.05, 0) is 37.5 Å². The number of rotatable bonds is 6. The fraction of sp³-hybridized carbons (Fsp3) is 0.857. The van der Waals surface area contributed by atoms with Crippen LogP contribution in [0, 0.1) is 17.8 Å². The lowest BCUT2D eigenvalue weighted by Gasteiger charge is -2.26. The van der Waals surface area contributed by atoms with E-state index < -0.39 is 5.97 Å². The molecule has 1 atom stereocenters. The topological polar surface area (TPSA) is 66.4 Å². The molecule has 1 saturated carbocycles. The van der Waals surface area contributed by atoms with Gasteiger partial charge >= 0.3 is 5.97 Å². The highest BCUT2D eigenvalue weighted by atomic mass is 16.4. The number of hydrogen-bond donors (Lipinski definition) is 2. The van der Waals surface area contributed by atoms with Gasteiger partial charge < -0.3 is 10.4 Å². The van der Waals surface area contributed by atoms with Crippen molar-refractivity contribution in [3.63, 3.8) is 0 Å². The minimum absolute atomic E-state index is 0.129. The molecule has 0 aromatic heterocycles. The van der Waals surface area contributed by atoms with Crippen LogP contribution in [0.4, 0.5) is 0 Å². The molecule has 1 rings (SSSR count). The van der Waals surface area contributed by atoms with E-state index in [-0.39, 0.29) is 11.8 Å². The van der Waals surface area contributed by atoms with E-state index in [1.807, 2.05) is 0 Å². The average molecular weight is 255 g/mol. The van der Waals surface area contributed by atoms with Crippen molar-refractivity contribution in [1.82, 2.24) is 5.32 Å². The lowest BCUT2D eigenvalue weighted by molar-refractivity contribution is -0.143. The molecule has 1 aliphatic carbocycles. The second kappa shape index (κ2) is 7.39. The number of aliphatic carboxylic acids is 1. The van der Waals surface area contributed by atoms with Gasteiger partial charge in [-0.3, -0.25) is 9.59 Å². The van der Waals surface area contributed by atoms with Crippen LogP contribution in [0.25, 0.3) is 0 Å². The summed E-state index contributed by atoms with van der Waals surface area (Å²) in [6, 6.07) is 0. The maximum Gasteiger partial charge on any atom is 0.306 e. The van der Waals surface area contributed by atoms with Crippen molar-refractivity contribution in [3.05, 3.63) is 0 Å². The molecule has 2 N–H and O–H groups in total. The Morgan fingerprint density at radius 2 is 1.89 bits per heavy atom. The Hall–Kier alpha value is -1.06. The molecule has 1 fully saturated rings. The Morgan fingerprint density at radius 1 is 1.28 bits per heavy atom. The largest absolute Gasteiger partial charge is 0.481 e. The van der Waals surface area contributed by atoms with Crippen LogP contribution in [0.5, 0.6) is 0 Å². The molecule has 18 heavy (non-hydrogen) atoms. The van der Waals surface area contributed by atoms with Crippen molar-refractivity contribution >= 4 is 11.9 Å². The first-order valence-corrected chi connectivity index (χ1v) is 7.02. The van der Waals surface area contributed by atoms with Crippen molar-refractivity contribution in [3.8, 4) is 0 Å². The van der Waals surface area contributed by atoms with Gasteiger partial charge in [-0.2, -0.15) is 0 Å². The predicted octanol–water partition coefficient (Wildman–Crippen LogP) is 2.43. The third kappa shape index (κ3) is 5.07. The highest BCUT2D eigenvalue weighted by Crippen LogP contribution is 2.28. The van der Waals surface area contributed by atoms with Crippen molar-refractivity contribution in [1.29, 1.82) is 0 Å². The van der Waals surface area contributed by atoms with Crippen molar-refractivity contribution in [2.75, 3.05) is 6.54 Å². The van der Waals surface area contributed by atoms with E-state index in [0.717, 1.165) is 32.1 Å². The second-order valence-electron chi connectivity index (χ2n) is 5.58. The number of hydrogen-bond acceptors (Lipinski definition) is 2. The van der Waals surface area contributed by atoms with Crippen LogP contribution in [0.15, 0.2) is 0 Å². The van der Waals surface area contributed by atoms with Gasteiger partial charge in [0, 0.05) is 13.0 Å². The average Bonchev–Trinajstić information content (AvgIpc) is 2.36.